The Kier molecular flexibility index (Phi) is 34.1. The van der Waals surface area contributed by atoms with E-state index < -0.39 is 119 Å². The van der Waals surface area contributed by atoms with E-state index in [-0.39, 0.29) is 62.7 Å². The molecule has 0 amide bonds. The highest BCUT2D eigenvalue weighted by Crippen LogP contribution is 2.66. The molecule has 6 heterocycles. The monoisotopic (exact) mass is 2290 g/mol. The van der Waals surface area contributed by atoms with Gasteiger partial charge in [-0.15, -0.1) is 68.0 Å². The van der Waals surface area contributed by atoms with Crippen LogP contribution in [0.5, 0.6) is 0 Å². The minimum Gasteiger partial charge on any atom is -0.462 e. The van der Waals surface area contributed by atoms with Crippen molar-refractivity contribution >= 4 is 287 Å². The zero-order valence-corrected chi connectivity index (χ0v) is 79.2. The van der Waals surface area contributed by atoms with Crippen LogP contribution in [-0.4, -0.2) is 82.9 Å². The summed E-state index contributed by atoms with van der Waals surface area (Å²) in [5.74, 6) is -0.987. The Morgan fingerprint density at radius 1 is 0.319 bits per heavy atom. The summed E-state index contributed by atoms with van der Waals surface area (Å²) < 4.78 is 239. The lowest BCUT2D eigenvalue weighted by Gasteiger charge is -2.19. The maximum absolute atomic E-state index is 13.9. The molecule has 12 aromatic rings. The molecule has 52 heteroatoms. The summed E-state index contributed by atoms with van der Waals surface area (Å²) in [4.78, 5) is 144. The van der Waals surface area contributed by atoms with Crippen LogP contribution in [0.15, 0.2) is 136 Å². The third-order valence-electron chi connectivity index (χ3n) is 15.9. The van der Waals surface area contributed by atoms with E-state index in [1.165, 1.54) is 102 Å². The molecule has 0 aliphatic rings. The second-order valence-electron chi connectivity index (χ2n) is 24.4. The van der Waals surface area contributed by atoms with Gasteiger partial charge in [0.05, 0.1) is 16.4 Å². The second-order valence-corrected chi connectivity index (χ2v) is 46.3. The molecular weight excluding hydrogens is 2240 g/mol. The van der Waals surface area contributed by atoms with Crippen LogP contribution in [-0.2, 0) is 79.0 Å². The van der Waals surface area contributed by atoms with Gasteiger partial charge in [-0.2, -0.15) is 52.7 Å². The smallest absolute Gasteiger partial charge is 0.399 e. The highest BCUT2D eigenvalue weighted by atomic mass is 79.9. The molecule has 650 valence electrons. The van der Waals surface area contributed by atoms with Gasteiger partial charge >= 0.3 is 85.5 Å². The minimum absolute atomic E-state index is 0. The predicted octanol–water partition coefficient (Wildman–Crippen LogP) is 26.0. The average Bonchev–Trinajstić information content (AvgIpc) is 1.73. The van der Waals surface area contributed by atoms with Gasteiger partial charge in [-0.05, 0) is 182 Å². The van der Waals surface area contributed by atoms with E-state index in [4.69, 9.17) is 63.5 Å². The van der Waals surface area contributed by atoms with Gasteiger partial charge in [0, 0.05) is 103 Å². The van der Waals surface area contributed by atoms with E-state index >= 15 is 0 Å². The molecule has 0 unspecified atom stereocenters. The Balaban J connectivity index is 0.000000221. The van der Waals surface area contributed by atoms with Crippen LogP contribution in [0.1, 0.15) is 119 Å². The highest BCUT2D eigenvalue weighted by Gasteiger charge is 2.56. The lowest BCUT2D eigenvalue weighted by atomic mass is 10.1. The number of rotatable bonds is 18. The van der Waals surface area contributed by atoms with Crippen molar-refractivity contribution in [2.45, 2.75) is 95.8 Å². The molecule has 0 fully saturated rings. The van der Waals surface area contributed by atoms with E-state index in [9.17, 15) is 94.5 Å². The Morgan fingerprint density at radius 3 is 0.723 bits per heavy atom. The van der Waals surface area contributed by atoms with Crippen LogP contribution < -0.4 is 0 Å². The molecule has 0 saturated heterocycles. The summed E-state index contributed by atoms with van der Waals surface area (Å²) in [6, 6.07) is 24.1. The molecule has 6 aromatic carbocycles. The predicted molar refractivity (Wildman–Crippen MR) is 459 cm³/mol. The summed E-state index contributed by atoms with van der Waals surface area (Å²) in [5.41, 5.74) is -30.0. The number of ether oxygens (including phenoxy) is 1. The molecule has 0 atom stereocenters. The first-order chi connectivity index (χ1) is 53.6. The number of aryl methyl sites for hydroxylation is 3. The van der Waals surface area contributed by atoms with Crippen molar-refractivity contribution in [1.29, 1.82) is 0 Å². The Hall–Kier alpha value is -3.17. The molecule has 12 rings (SSSR count). The standard InChI is InChI=1S/C12H10BrF2O5PS.2C11H8BrF2O4PS.2C11H10BrF2O3PS.C10H8BrF2O3PS.CH4/c1-2-20-11(16)10-4-6-3-7(8(13)5-9(6)22-10)12(14,15)21(17,18)19;2*1-5(15)9-3-6-2-7(8(12)4-10(6)20-9)11(13,14)19(16,17)18;2*1-2-7-3-6-4-8(9(12)5-10(6)19-7)11(13,14)18(15,16)17;1-5-2-6-3-7(8(11)4-9(6)18-5)10(12,13)17(14,15)16;/h3-5H,2H2,1H3,(H2,17,18,19);2*2-4H,1H3,(H2,16,17,18);2*3-5H,2H2,1H3,(H2,15,16,17);2-4H,1H3,(H2,14,15,16);1H4. The average molecular weight is 2300 g/mol. The summed E-state index contributed by atoms with van der Waals surface area (Å²) >= 11 is 25.2. The molecule has 0 spiro atoms. The number of fused-ring (bicyclic) bond motifs is 6. The van der Waals surface area contributed by atoms with Crippen LogP contribution in [0.25, 0.3) is 60.5 Å². The topological polar surface area (TPSA) is 406 Å². The van der Waals surface area contributed by atoms with Crippen molar-refractivity contribution in [2.24, 2.45) is 0 Å². The number of halogens is 18. The number of carbonyl (C=O) groups is 3. The van der Waals surface area contributed by atoms with E-state index in [0.29, 0.717) is 50.8 Å². The van der Waals surface area contributed by atoms with Gasteiger partial charge in [-0.25, -0.2) is 4.79 Å². The third-order valence-corrected chi connectivity index (χ3v) is 32.6. The molecule has 0 aliphatic carbocycles. The second kappa shape index (κ2) is 38.8. The largest absolute Gasteiger partial charge is 0.462 e. The van der Waals surface area contributed by atoms with E-state index in [2.05, 4.69) is 95.6 Å². The summed E-state index contributed by atoms with van der Waals surface area (Å²) in [6.45, 7) is 10.3. The highest BCUT2D eigenvalue weighted by molar-refractivity contribution is 9.11. The number of thiophene rings is 6. The SMILES string of the molecule is C.CC(=O)c1cc2cc(C(F)(F)P(=O)(O)O)c(Br)cc2s1.CC(=O)c1cc2cc(C(F)(F)P(=O)(O)O)c(Br)cc2s1.CCOC(=O)c1cc2cc(C(F)(F)P(=O)(O)O)c(Br)cc2s1.CCc1cc2cc(C(F)(F)P(=O)(O)O)c(Br)cc2s1.CCc1cc2cc(C(F)(F)P(=O)(O)O)c(Br)cc2s1.Cc1cc2cc(C(F)(F)P(=O)(O)O)c(Br)cc2s1. The number of ketones is 2. The van der Waals surface area contributed by atoms with Crippen molar-refractivity contribution in [2.75, 3.05) is 6.61 Å². The lowest BCUT2D eigenvalue weighted by Crippen LogP contribution is -2.14. The first-order valence-corrected chi connectivity index (χ1v) is 51.1. The van der Waals surface area contributed by atoms with Crippen LogP contribution in [0, 0.1) is 6.92 Å². The molecule has 0 saturated carbocycles. The van der Waals surface area contributed by atoms with Gasteiger partial charge in [-0.3, -0.25) is 37.0 Å². The zero-order valence-electron chi connectivity index (χ0n) is 59.4. The van der Waals surface area contributed by atoms with Gasteiger partial charge in [0.1, 0.15) is 4.88 Å². The lowest BCUT2D eigenvalue weighted by molar-refractivity contribution is 0.0531. The van der Waals surface area contributed by atoms with Crippen molar-refractivity contribution in [3.05, 3.63) is 199 Å². The fourth-order valence-corrected chi connectivity index (χ4v) is 24.2. The summed E-state index contributed by atoms with van der Waals surface area (Å²) in [7, 11) is -33.6. The Labute approximate surface area is 739 Å². The van der Waals surface area contributed by atoms with Crippen LogP contribution in [0.4, 0.5) is 52.7 Å². The van der Waals surface area contributed by atoms with E-state index in [0.717, 1.165) is 112 Å². The normalized spacial score (nSPS) is 12.9. The van der Waals surface area contributed by atoms with Crippen molar-refractivity contribution in [3.8, 4) is 0 Å². The van der Waals surface area contributed by atoms with Crippen LogP contribution >= 0.6 is 209 Å². The van der Waals surface area contributed by atoms with Gasteiger partial charge < -0.3 is 63.5 Å². The summed E-state index contributed by atoms with van der Waals surface area (Å²) in [6.07, 6.45) is 1.56. The molecule has 119 heavy (non-hydrogen) atoms. The molecule has 22 nitrogen and oxygen atoms in total. The zero-order chi connectivity index (χ0) is 89.9. The number of hydrogen-bond donors (Lipinski definition) is 12. The number of carbonyl (C=O) groups excluding carboxylic acids is 3. The van der Waals surface area contributed by atoms with Crippen molar-refractivity contribution in [3.63, 3.8) is 0 Å². The van der Waals surface area contributed by atoms with E-state index in [1.54, 1.807) is 25.1 Å². The first-order valence-electron chi connectivity index (χ1n) is 31.8. The van der Waals surface area contributed by atoms with Gasteiger partial charge in [0.25, 0.3) is 0 Å². The number of hydrogen-bond acceptors (Lipinski definition) is 16. The fourth-order valence-electron chi connectivity index (χ4n) is 9.94. The molecular formula is C67H58Br6F12O22P6S6. The Bertz CT molecular complexity index is 5980. The maximum atomic E-state index is 13.9. The van der Waals surface area contributed by atoms with Gasteiger partial charge in [0.2, 0.25) is 0 Å². The molecule has 0 bridgehead atoms. The molecule has 0 radical (unpaired) electrons. The Morgan fingerprint density at radius 2 is 0.513 bits per heavy atom. The molecule has 6 aromatic heterocycles. The number of benzene rings is 6. The van der Waals surface area contributed by atoms with Crippen LogP contribution in [0.2, 0.25) is 0 Å². The number of esters is 1. The number of alkyl halides is 12. The van der Waals surface area contributed by atoms with E-state index in [1.807, 2.05) is 20.8 Å². The number of Topliss-reactive ketones (excluding diaryl/α,β-unsaturated/α-hetero) is 2. The van der Waals surface area contributed by atoms with Gasteiger partial charge in [0.15, 0.2) is 11.6 Å². The van der Waals surface area contributed by atoms with Crippen LogP contribution in [0.3, 0.4) is 0 Å². The van der Waals surface area contributed by atoms with Gasteiger partial charge in [-0.1, -0.05) is 117 Å². The molecule has 0 aliphatic heterocycles. The summed E-state index contributed by atoms with van der Waals surface area (Å²) in [5, 5.41) is 2.63. The third kappa shape index (κ3) is 23.4. The minimum atomic E-state index is -5.67. The van der Waals surface area contributed by atoms with Crippen molar-refractivity contribution in [1.82, 2.24) is 0 Å². The maximum Gasteiger partial charge on any atom is 0.399 e. The first kappa shape index (κ1) is 105. The molecule has 12 N–H and O–H groups in total. The fraction of sp³-hybridized carbons (Fsp3) is 0.239. The van der Waals surface area contributed by atoms with Crippen molar-refractivity contribution < 1.29 is 158 Å². The quantitative estimate of drug-likeness (QED) is 0.0164.